The molecule has 4 N–H and O–H groups in total. The molecule has 2 amide bonds. The molecule has 0 aliphatic carbocycles. The second-order valence-corrected chi connectivity index (χ2v) is 7.96. The van der Waals surface area contributed by atoms with Crippen molar-refractivity contribution >= 4 is 17.6 Å². The number of nitrogen functional groups attached to an aromatic ring is 1. The van der Waals surface area contributed by atoms with E-state index in [1.807, 2.05) is 5.32 Å². The smallest absolute Gasteiger partial charge is 0.383 e. The fourth-order valence-electron chi connectivity index (χ4n) is 3.39. The maximum atomic E-state index is 14.0. The number of hydrogen-bond acceptors (Lipinski definition) is 5. The van der Waals surface area contributed by atoms with Gasteiger partial charge in [-0.05, 0) is 43.3 Å². The number of benzene rings is 2. The molecule has 0 saturated carbocycles. The van der Waals surface area contributed by atoms with E-state index in [1.165, 1.54) is 19.1 Å². The molecule has 3 rings (SSSR count). The standard InChI is InChI=1S/C23H21F6N5O3/c1-2-33(21(36)18-16(25)4-3-5-17(18)26)12-22(37,23(27,28)29)11-31-20(35)15-10-32-34(19(15)30)14-8-6-13(24)7-9-14/h3-10,37H,2,11-12,30H2,1H3,(H,31,35)/t22-/m1/s1. The zero-order chi connectivity index (χ0) is 27.5. The minimum absolute atomic E-state index is 0.266. The normalized spacial score (nSPS) is 13.2. The number of nitrogens with two attached hydrogens (primary N) is 1. The summed E-state index contributed by atoms with van der Waals surface area (Å²) >= 11 is 0. The summed E-state index contributed by atoms with van der Waals surface area (Å²) in [6.07, 6.45) is -4.41. The Kier molecular flexibility index (Phi) is 7.81. The van der Waals surface area contributed by atoms with Gasteiger partial charge in [0.2, 0.25) is 0 Å². The van der Waals surface area contributed by atoms with Crippen LogP contribution >= 0.6 is 0 Å². The molecule has 8 nitrogen and oxygen atoms in total. The van der Waals surface area contributed by atoms with Crippen LogP contribution in [0.2, 0.25) is 0 Å². The van der Waals surface area contributed by atoms with Gasteiger partial charge < -0.3 is 21.1 Å². The molecule has 2 aromatic carbocycles. The highest BCUT2D eigenvalue weighted by atomic mass is 19.4. The van der Waals surface area contributed by atoms with Crippen LogP contribution in [0, 0.1) is 17.5 Å². The van der Waals surface area contributed by atoms with Gasteiger partial charge in [-0.3, -0.25) is 9.59 Å². The van der Waals surface area contributed by atoms with E-state index >= 15 is 0 Å². The van der Waals surface area contributed by atoms with Gasteiger partial charge in [-0.25, -0.2) is 17.9 Å². The van der Waals surface area contributed by atoms with Gasteiger partial charge in [0.05, 0.1) is 25.0 Å². The third-order valence-electron chi connectivity index (χ3n) is 5.49. The fraction of sp³-hybridized carbons (Fsp3) is 0.261. The lowest BCUT2D eigenvalue weighted by Gasteiger charge is -2.35. The molecule has 37 heavy (non-hydrogen) atoms. The molecule has 1 atom stereocenters. The average Bonchev–Trinajstić information content (AvgIpc) is 3.21. The van der Waals surface area contributed by atoms with Crippen molar-refractivity contribution in [2.24, 2.45) is 0 Å². The van der Waals surface area contributed by atoms with Crippen LogP contribution in [-0.4, -0.2) is 63.0 Å². The number of rotatable bonds is 8. The van der Waals surface area contributed by atoms with E-state index in [1.54, 1.807) is 0 Å². The second-order valence-electron chi connectivity index (χ2n) is 7.96. The molecule has 1 aromatic heterocycles. The molecule has 0 aliphatic rings. The predicted molar refractivity (Wildman–Crippen MR) is 119 cm³/mol. The molecule has 0 aliphatic heterocycles. The Morgan fingerprint density at radius 3 is 2.22 bits per heavy atom. The van der Waals surface area contributed by atoms with E-state index in [4.69, 9.17) is 5.73 Å². The Hall–Kier alpha value is -4.07. The average molecular weight is 529 g/mol. The Labute approximate surface area is 206 Å². The first-order valence-corrected chi connectivity index (χ1v) is 10.7. The predicted octanol–water partition coefficient (Wildman–Crippen LogP) is 3.06. The number of alkyl halides is 3. The first-order chi connectivity index (χ1) is 17.3. The molecule has 0 radical (unpaired) electrons. The summed E-state index contributed by atoms with van der Waals surface area (Å²) in [5.74, 6) is -5.96. The van der Waals surface area contributed by atoms with E-state index in [0.717, 1.165) is 41.2 Å². The van der Waals surface area contributed by atoms with Gasteiger partial charge in [0, 0.05) is 6.54 Å². The van der Waals surface area contributed by atoms with Crippen LogP contribution in [0.3, 0.4) is 0 Å². The van der Waals surface area contributed by atoms with Crippen LogP contribution in [0.1, 0.15) is 27.6 Å². The second kappa shape index (κ2) is 10.5. The van der Waals surface area contributed by atoms with Crippen LogP contribution in [0.5, 0.6) is 0 Å². The highest BCUT2D eigenvalue weighted by Crippen LogP contribution is 2.32. The van der Waals surface area contributed by atoms with Gasteiger partial charge in [0.15, 0.2) is 5.60 Å². The van der Waals surface area contributed by atoms with Crippen LogP contribution in [0.4, 0.5) is 32.2 Å². The van der Waals surface area contributed by atoms with Gasteiger partial charge in [-0.1, -0.05) is 6.07 Å². The largest absolute Gasteiger partial charge is 0.420 e. The van der Waals surface area contributed by atoms with E-state index < -0.39 is 66.2 Å². The number of hydrogen-bond donors (Lipinski definition) is 3. The van der Waals surface area contributed by atoms with Crippen molar-refractivity contribution in [3.63, 3.8) is 0 Å². The number of aromatic nitrogens is 2. The van der Waals surface area contributed by atoms with Crippen LogP contribution < -0.4 is 11.1 Å². The number of carbonyl (C=O) groups is 2. The summed E-state index contributed by atoms with van der Waals surface area (Å²) in [6.45, 7) is -2.07. The highest BCUT2D eigenvalue weighted by Gasteiger charge is 2.55. The fourth-order valence-corrected chi connectivity index (χ4v) is 3.39. The lowest BCUT2D eigenvalue weighted by molar-refractivity contribution is -0.259. The van der Waals surface area contributed by atoms with Gasteiger partial charge >= 0.3 is 6.18 Å². The molecule has 198 valence electrons. The van der Waals surface area contributed by atoms with Crippen molar-refractivity contribution in [3.05, 3.63) is 77.2 Å². The summed E-state index contributed by atoms with van der Waals surface area (Å²) in [6, 6.07) is 7.31. The minimum Gasteiger partial charge on any atom is -0.383 e. The van der Waals surface area contributed by atoms with Crippen molar-refractivity contribution in [3.8, 4) is 5.69 Å². The van der Waals surface area contributed by atoms with E-state index in [-0.39, 0.29) is 17.1 Å². The molecular weight excluding hydrogens is 508 g/mol. The van der Waals surface area contributed by atoms with Crippen molar-refractivity contribution in [2.75, 3.05) is 25.4 Å². The van der Waals surface area contributed by atoms with Gasteiger partial charge in [0.25, 0.3) is 11.8 Å². The molecule has 0 spiro atoms. The monoisotopic (exact) mass is 529 g/mol. The summed E-state index contributed by atoms with van der Waals surface area (Å²) < 4.78 is 83.8. The number of anilines is 1. The van der Waals surface area contributed by atoms with Gasteiger partial charge in [-0.2, -0.15) is 18.3 Å². The van der Waals surface area contributed by atoms with Gasteiger partial charge in [0.1, 0.15) is 34.4 Å². The number of carbonyl (C=O) groups excluding carboxylic acids is 2. The molecule has 0 bridgehead atoms. The van der Waals surface area contributed by atoms with Crippen molar-refractivity contribution in [1.82, 2.24) is 20.0 Å². The first kappa shape index (κ1) is 27.5. The Bertz CT molecular complexity index is 1270. The lowest BCUT2D eigenvalue weighted by Crippen LogP contribution is -2.60. The van der Waals surface area contributed by atoms with E-state index in [9.17, 15) is 41.0 Å². The number of likely N-dealkylation sites (N-methyl/N-ethyl adjacent to an activating group) is 1. The summed E-state index contributed by atoms with van der Waals surface area (Å²) in [5, 5.41) is 16.2. The third-order valence-corrected chi connectivity index (χ3v) is 5.49. The quantitative estimate of drug-likeness (QED) is 0.389. The van der Waals surface area contributed by atoms with Crippen LogP contribution in [0.25, 0.3) is 5.69 Å². The van der Waals surface area contributed by atoms with Crippen molar-refractivity contribution in [1.29, 1.82) is 0 Å². The summed E-state index contributed by atoms with van der Waals surface area (Å²) in [4.78, 5) is 25.6. The Morgan fingerprint density at radius 1 is 1.08 bits per heavy atom. The molecule has 0 fully saturated rings. The molecule has 1 heterocycles. The number of aliphatic hydroxyl groups is 1. The number of halogens is 6. The first-order valence-electron chi connectivity index (χ1n) is 10.7. The van der Waals surface area contributed by atoms with E-state index in [2.05, 4.69) is 5.10 Å². The molecule has 3 aromatic rings. The maximum absolute atomic E-state index is 14.0. The highest BCUT2D eigenvalue weighted by molar-refractivity contribution is 5.98. The zero-order valence-electron chi connectivity index (χ0n) is 19.2. The zero-order valence-corrected chi connectivity index (χ0v) is 19.2. The van der Waals surface area contributed by atoms with Crippen LogP contribution in [-0.2, 0) is 0 Å². The third kappa shape index (κ3) is 5.69. The topological polar surface area (TPSA) is 113 Å². The SMILES string of the molecule is CCN(C[C@](O)(CNC(=O)c1cnn(-c2ccc(F)cc2)c1N)C(F)(F)F)C(=O)c1c(F)cccc1F. The Morgan fingerprint density at radius 2 is 1.68 bits per heavy atom. The number of nitrogens with one attached hydrogen (secondary N) is 1. The van der Waals surface area contributed by atoms with Gasteiger partial charge in [-0.15, -0.1) is 0 Å². The lowest BCUT2D eigenvalue weighted by atomic mass is 10.0. The maximum Gasteiger partial charge on any atom is 0.420 e. The number of amides is 2. The van der Waals surface area contributed by atoms with E-state index in [0.29, 0.717) is 4.90 Å². The molecule has 0 unspecified atom stereocenters. The molecule has 14 heteroatoms. The molecular formula is C23H21F6N5O3. The number of nitrogens with zero attached hydrogens (tertiary/aromatic N) is 3. The van der Waals surface area contributed by atoms with Crippen LogP contribution in [0.15, 0.2) is 48.7 Å². The summed E-state index contributed by atoms with van der Waals surface area (Å²) in [7, 11) is 0. The summed E-state index contributed by atoms with van der Waals surface area (Å²) in [5.41, 5.74) is 1.01. The molecule has 0 saturated heterocycles. The minimum atomic E-state index is -5.37. The van der Waals surface area contributed by atoms with Crippen molar-refractivity contribution in [2.45, 2.75) is 18.7 Å². The Balaban J connectivity index is 1.81. The van der Waals surface area contributed by atoms with Crippen molar-refractivity contribution < 1.29 is 41.0 Å².